The number of hydrogen-bond donors (Lipinski definition) is 0. The molecule has 2 nitrogen and oxygen atoms in total. The van der Waals surface area contributed by atoms with E-state index in [1.54, 1.807) is 0 Å². The van der Waals surface area contributed by atoms with Crippen LogP contribution in [-0.4, -0.2) is 17.2 Å². The van der Waals surface area contributed by atoms with Crippen molar-refractivity contribution in [2.24, 2.45) is 0 Å². The minimum absolute atomic E-state index is 1.15. The van der Waals surface area contributed by atoms with Crippen LogP contribution in [0.15, 0.2) is 231 Å². The van der Waals surface area contributed by atoms with Crippen molar-refractivity contribution in [3.63, 3.8) is 0 Å². The van der Waals surface area contributed by atoms with Crippen LogP contribution in [0.25, 0.3) is 66.1 Å². The topological polar surface area (TPSA) is 9.86 Å². The number of aromatic nitrogens is 2. The van der Waals surface area contributed by atoms with Crippen molar-refractivity contribution in [2.75, 3.05) is 0 Å². The third-order valence-electron chi connectivity index (χ3n) is 11.9. The smallest absolute Gasteiger partial charge is 0.179 e. The summed E-state index contributed by atoms with van der Waals surface area (Å²) in [5.74, 6) is 0. The monoisotopic (exact) mass is 742 g/mol. The molecule has 9 aromatic carbocycles. The first-order valence-corrected chi connectivity index (χ1v) is 21.7. The van der Waals surface area contributed by atoms with Crippen LogP contribution in [0.1, 0.15) is 0 Å². The first-order chi connectivity index (χ1) is 28.3. The fourth-order valence-corrected chi connectivity index (χ4v) is 14.2. The molecule has 0 aliphatic carbocycles. The molecule has 0 saturated heterocycles. The molecule has 0 radical (unpaired) electrons. The maximum absolute atomic E-state index is 2.66. The van der Waals surface area contributed by atoms with Gasteiger partial charge in [0.1, 0.15) is 0 Å². The van der Waals surface area contributed by atoms with Crippen molar-refractivity contribution in [1.82, 2.24) is 9.13 Å². The Kier molecular flexibility index (Phi) is 7.87. The van der Waals surface area contributed by atoms with E-state index in [1.807, 2.05) is 0 Å². The second-order valence-corrected chi connectivity index (χ2v) is 18.7. The summed E-state index contributed by atoms with van der Waals surface area (Å²) in [6.45, 7) is 0. The van der Waals surface area contributed by atoms with E-state index >= 15 is 0 Å². The third kappa shape index (κ3) is 5.17. The van der Waals surface area contributed by atoms with Gasteiger partial charge in [0, 0.05) is 38.5 Å². The fraction of sp³-hybridized carbons (Fsp3) is 0. The van der Waals surface area contributed by atoms with Crippen LogP contribution in [0, 0.1) is 0 Å². The van der Waals surface area contributed by atoms with Gasteiger partial charge in [-0.15, -0.1) is 0 Å². The van der Waals surface area contributed by atoms with Crippen LogP contribution in [0.2, 0.25) is 0 Å². The van der Waals surface area contributed by atoms with Crippen LogP contribution in [0.3, 0.4) is 0 Å². The molecule has 0 fully saturated rings. The fourth-order valence-electron chi connectivity index (χ4n) is 9.44. The second kappa shape index (κ2) is 13.5. The highest BCUT2D eigenvalue weighted by Gasteiger charge is 2.41. The van der Waals surface area contributed by atoms with Gasteiger partial charge in [0.2, 0.25) is 0 Å². The normalized spacial score (nSPS) is 11.9. The van der Waals surface area contributed by atoms with Gasteiger partial charge in [0.15, 0.2) is 8.07 Å². The largest absolute Gasteiger partial charge is 0.309 e. The van der Waals surface area contributed by atoms with E-state index in [1.165, 1.54) is 81.2 Å². The van der Waals surface area contributed by atoms with Crippen LogP contribution >= 0.6 is 0 Å². The molecule has 268 valence electrons. The molecule has 2 heterocycles. The zero-order chi connectivity index (χ0) is 37.8. The number of fused-ring (bicyclic) bond motifs is 6. The Balaban J connectivity index is 1.14. The molecule has 57 heavy (non-hydrogen) atoms. The molecule has 0 aliphatic rings. The quantitative estimate of drug-likeness (QED) is 0.114. The van der Waals surface area contributed by atoms with Crippen LogP contribution in [0.5, 0.6) is 0 Å². The van der Waals surface area contributed by atoms with Crippen LogP contribution in [-0.2, 0) is 0 Å². The first kappa shape index (κ1) is 33.2. The number of nitrogens with zero attached hydrogens (tertiary/aromatic N) is 2. The highest BCUT2D eigenvalue weighted by Crippen LogP contribution is 2.40. The SMILES string of the molecule is c1ccc(-n2c3ccccc3c3cc(-c4cccc5c6ccccc6n(-c6ccc([Si](c7ccccc7)(c7ccccc7)c7ccccc7)cc6)c45)ccc32)cc1. The van der Waals surface area contributed by atoms with Gasteiger partial charge < -0.3 is 9.13 Å². The summed E-state index contributed by atoms with van der Waals surface area (Å²) in [4.78, 5) is 0. The maximum atomic E-state index is 2.48. The molecule has 11 rings (SSSR count). The van der Waals surface area contributed by atoms with E-state index in [2.05, 4.69) is 240 Å². The molecular formula is C54H38N2Si. The van der Waals surface area contributed by atoms with Crippen molar-refractivity contribution >= 4 is 72.4 Å². The summed E-state index contributed by atoms with van der Waals surface area (Å²) in [7, 11) is -2.66. The predicted molar refractivity (Wildman–Crippen MR) is 244 cm³/mol. The minimum atomic E-state index is -2.66. The highest BCUT2D eigenvalue weighted by molar-refractivity contribution is 7.19. The second-order valence-electron chi connectivity index (χ2n) is 14.9. The summed E-state index contributed by atoms with van der Waals surface area (Å²) < 4.78 is 4.87. The molecule has 0 N–H and O–H groups in total. The highest BCUT2D eigenvalue weighted by atomic mass is 28.3. The average molecular weight is 743 g/mol. The number of benzene rings is 9. The van der Waals surface area contributed by atoms with Gasteiger partial charge in [0.05, 0.1) is 22.1 Å². The summed E-state index contributed by atoms with van der Waals surface area (Å²) in [5, 5.41) is 10.5. The maximum Gasteiger partial charge on any atom is 0.179 e. The van der Waals surface area contributed by atoms with E-state index in [9.17, 15) is 0 Å². The molecule has 0 bridgehead atoms. The summed E-state index contributed by atoms with van der Waals surface area (Å²) in [6, 6.07) is 85.1. The molecule has 0 saturated carbocycles. The number of hydrogen-bond acceptors (Lipinski definition) is 0. The molecule has 0 unspecified atom stereocenters. The van der Waals surface area contributed by atoms with E-state index in [0.717, 1.165) is 5.69 Å². The molecule has 2 aromatic heterocycles. The zero-order valence-corrected chi connectivity index (χ0v) is 32.3. The Morgan fingerprint density at radius 2 is 0.719 bits per heavy atom. The van der Waals surface area contributed by atoms with E-state index < -0.39 is 8.07 Å². The van der Waals surface area contributed by atoms with Gasteiger partial charge >= 0.3 is 0 Å². The lowest BCUT2D eigenvalue weighted by molar-refractivity contribution is 1.18. The van der Waals surface area contributed by atoms with Crippen molar-refractivity contribution in [1.29, 1.82) is 0 Å². The molecule has 0 amide bonds. The lowest BCUT2D eigenvalue weighted by Gasteiger charge is -2.34. The first-order valence-electron chi connectivity index (χ1n) is 19.7. The third-order valence-corrected chi connectivity index (χ3v) is 16.7. The average Bonchev–Trinajstić information content (AvgIpc) is 3.81. The van der Waals surface area contributed by atoms with E-state index in [4.69, 9.17) is 0 Å². The number of para-hydroxylation sites is 4. The van der Waals surface area contributed by atoms with Crippen LogP contribution in [0.4, 0.5) is 0 Å². The molecule has 0 spiro atoms. The van der Waals surface area contributed by atoms with Crippen molar-refractivity contribution in [3.05, 3.63) is 231 Å². The lowest BCUT2D eigenvalue weighted by atomic mass is 10.00. The Bertz CT molecular complexity index is 3100. The summed E-state index contributed by atoms with van der Waals surface area (Å²) in [5.41, 5.74) is 9.57. The van der Waals surface area contributed by atoms with Crippen molar-refractivity contribution in [2.45, 2.75) is 0 Å². The molecule has 0 aliphatic heterocycles. The van der Waals surface area contributed by atoms with E-state index in [0.29, 0.717) is 0 Å². The van der Waals surface area contributed by atoms with Gasteiger partial charge in [-0.25, -0.2) is 0 Å². The number of rotatable bonds is 7. The summed E-state index contributed by atoms with van der Waals surface area (Å²) in [6.07, 6.45) is 0. The lowest BCUT2D eigenvalue weighted by Crippen LogP contribution is -2.74. The Hall–Kier alpha value is -7.20. The Labute approximate surface area is 333 Å². The van der Waals surface area contributed by atoms with Gasteiger partial charge in [0.25, 0.3) is 0 Å². The Morgan fingerprint density at radius 3 is 1.32 bits per heavy atom. The van der Waals surface area contributed by atoms with Crippen molar-refractivity contribution in [3.8, 4) is 22.5 Å². The molecule has 11 aromatic rings. The van der Waals surface area contributed by atoms with E-state index in [-0.39, 0.29) is 0 Å². The van der Waals surface area contributed by atoms with Crippen LogP contribution < -0.4 is 20.7 Å². The van der Waals surface area contributed by atoms with Gasteiger partial charge in [-0.05, 0) is 74.8 Å². The summed E-state index contributed by atoms with van der Waals surface area (Å²) >= 11 is 0. The Morgan fingerprint density at radius 1 is 0.281 bits per heavy atom. The zero-order valence-electron chi connectivity index (χ0n) is 31.3. The van der Waals surface area contributed by atoms with Gasteiger partial charge in [-0.1, -0.05) is 182 Å². The van der Waals surface area contributed by atoms with Gasteiger partial charge in [-0.3, -0.25) is 0 Å². The molecule has 0 atom stereocenters. The van der Waals surface area contributed by atoms with Gasteiger partial charge in [-0.2, -0.15) is 0 Å². The minimum Gasteiger partial charge on any atom is -0.309 e. The standard InChI is InChI=1S/C54H38N2Si/c1-5-18-40(19-6-1)55-51-30-15-14-27-48(51)50-38-39(32-37-53(50)55)46-28-17-29-49-47-26-13-16-31-52(47)56(54(46)49)41-33-35-45(36-34-41)57(42-20-7-2-8-21-42,43-22-9-3-10-23-43)44-24-11-4-12-25-44/h1-38H. The molecular weight excluding hydrogens is 705 g/mol. The molecule has 3 heteroatoms. The predicted octanol–water partition coefficient (Wildman–Crippen LogP) is 10.9. The van der Waals surface area contributed by atoms with Crippen molar-refractivity contribution < 1.29 is 0 Å².